The highest BCUT2D eigenvalue weighted by Crippen LogP contribution is 2.19. The third-order valence-electron chi connectivity index (χ3n) is 7.21. The quantitative estimate of drug-likeness (QED) is 0.0504. The highest BCUT2D eigenvalue weighted by molar-refractivity contribution is 5.81. The molecule has 0 aliphatic heterocycles. The molecule has 0 unspecified atom stereocenters. The molecule has 0 spiro atoms. The molecule has 4 heteroatoms. The highest BCUT2D eigenvalue weighted by atomic mass is 16.6. The smallest absolute Gasteiger partial charge is 0.330 e. The van der Waals surface area contributed by atoms with Crippen molar-refractivity contribution >= 4 is 11.7 Å². The first kappa shape index (κ1) is 38.2. The lowest BCUT2D eigenvalue weighted by molar-refractivity contribution is -0.137. The topological polar surface area (TPSA) is 47.6 Å². The molecule has 0 aromatic heterocycles. The van der Waals surface area contributed by atoms with Gasteiger partial charge in [0.15, 0.2) is 0 Å². The van der Waals surface area contributed by atoms with Gasteiger partial charge in [-0.1, -0.05) is 161 Å². The molecule has 0 amide bonds. The summed E-state index contributed by atoms with van der Waals surface area (Å²) in [6.07, 6.45) is 30.7. The Labute approximate surface area is 249 Å². The van der Waals surface area contributed by atoms with Gasteiger partial charge in [-0.15, -0.1) is 0 Å². The maximum Gasteiger partial charge on any atom is 0.330 e. The normalized spacial score (nSPS) is 10.6. The Morgan fingerprint density at radius 1 is 0.650 bits per heavy atom. The van der Waals surface area contributed by atoms with Gasteiger partial charge in [-0.05, 0) is 37.3 Å². The number of ether oxygens (including phenoxy) is 1. The molecule has 1 rings (SSSR count). The Morgan fingerprint density at radius 2 is 1.12 bits per heavy atom. The molecule has 0 heterocycles. The van der Waals surface area contributed by atoms with E-state index in [9.17, 15) is 4.79 Å². The minimum atomic E-state index is -0.341. The lowest BCUT2D eigenvalue weighted by Gasteiger charge is -2.12. The summed E-state index contributed by atoms with van der Waals surface area (Å²) in [5.74, 6) is -0.341. The maximum atomic E-state index is 10.2. The SMILES string of the molecule is C=CC(=O)OCCC.CCCCCCCCCCCCCCONc1ccccc1CCCCCCCCCC. The molecule has 0 bridgehead atoms. The number of hydrogen-bond acceptors (Lipinski definition) is 4. The molecule has 0 atom stereocenters. The van der Waals surface area contributed by atoms with Crippen LogP contribution >= 0.6 is 0 Å². The van der Waals surface area contributed by atoms with Crippen LogP contribution in [-0.4, -0.2) is 19.2 Å². The number of unbranched alkanes of at least 4 members (excludes halogenated alkanes) is 18. The van der Waals surface area contributed by atoms with Crippen molar-refractivity contribution < 1.29 is 14.4 Å². The number of nitrogens with one attached hydrogen (secondary N) is 1. The average molecular weight is 560 g/mol. The van der Waals surface area contributed by atoms with E-state index in [4.69, 9.17) is 4.84 Å². The van der Waals surface area contributed by atoms with Gasteiger partial charge in [0.1, 0.15) is 0 Å². The fourth-order valence-corrected chi connectivity index (χ4v) is 4.69. The zero-order chi connectivity index (χ0) is 29.4. The lowest BCUT2D eigenvalue weighted by Crippen LogP contribution is -2.05. The fourth-order valence-electron chi connectivity index (χ4n) is 4.69. The van der Waals surface area contributed by atoms with Crippen LogP contribution < -0.4 is 5.48 Å². The van der Waals surface area contributed by atoms with Crippen molar-refractivity contribution in [1.29, 1.82) is 0 Å². The minimum Gasteiger partial charge on any atom is -0.463 e. The van der Waals surface area contributed by atoms with Crippen molar-refractivity contribution in [2.24, 2.45) is 0 Å². The molecule has 0 radical (unpaired) electrons. The molecular weight excluding hydrogens is 494 g/mol. The first-order chi connectivity index (χ1) is 19.7. The van der Waals surface area contributed by atoms with E-state index in [1.54, 1.807) is 0 Å². The average Bonchev–Trinajstić information content (AvgIpc) is 2.98. The largest absolute Gasteiger partial charge is 0.463 e. The summed E-state index contributed by atoms with van der Waals surface area (Å²) in [6.45, 7) is 11.1. The summed E-state index contributed by atoms with van der Waals surface area (Å²) in [5, 5.41) is 0. The van der Waals surface area contributed by atoms with Gasteiger partial charge in [0, 0.05) is 6.08 Å². The van der Waals surface area contributed by atoms with Crippen molar-refractivity contribution in [3.05, 3.63) is 42.5 Å². The van der Waals surface area contributed by atoms with E-state index in [1.165, 1.54) is 128 Å². The molecule has 1 aromatic rings. The van der Waals surface area contributed by atoms with Crippen molar-refractivity contribution in [3.63, 3.8) is 0 Å². The number of anilines is 1. The van der Waals surface area contributed by atoms with E-state index in [2.05, 4.69) is 54.9 Å². The van der Waals surface area contributed by atoms with Gasteiger partial charge in [-0.2, -0.15) is 0 Å². The summed E-state index contributed by atoms with van der Waals surface area (Å²) in [6, 6.07) is 8.66. The van der Waals surface area contributed by atoms with E-state index in [-0.39, 0.29) is 5.97 Å². The Hall–Kier alpha value is -1.81. The molecule has 1 aromatic carbocycles. The maximum absolute atomic E-state index is 10.2. The van der Waals surface area contributed by atoms with Crippen molar-refractivity contribution in [2.45, 2.75) is 162 Å². The number of aryl methyl sites for hydroxylation is 1. The first-order valence-corrected chi connectivity index (χ1v) is 16.9. The van der Waals surface area contributed by atoms with Crippen molar-refractivity contribution in [2.75, 3.05) is 18.7 Å². The third kappa shape index (κ3) is 26.4. The van der Waals surface area contributed by atoms with Crippen LogP contribution in [0.5, 0.6) is 0 Å². The molecule has 232 valence electrons. The van der Waals surface area contributed by atoms with Crippen molar-refractivity contribution in [3.8, 4) is 0 Å². The minimum absolute atomic E-state index is 0.341. The fraction of sp³-hybridized carbons (Fsp3) is 0.750. The molecule has 40 heavy (non-hydrogen) atoms. The van der Waals surface area contributed by atoms with Crippen LogP contribution in [0.2, 0.25) is 0 Å². The van der Waals surface area contributed by atoms with Crippen LogP contribution in [0.3, 0.4) is 0 Å². The Balaban J connectivity index is 0.00000165. The van der Waals surface area contributed by atoms with Gasteiger partial charge in [-0.3, -0.25) is 10.3 Å². The lowest BCUT2D eigenvalue weighted by atomic mass is 10.0. The number of rotatable bonds is 27. The van der Waals surface area contributed by atoms with Crippen LogP contribution in [0.4, 0.5) is 5.69 Å². The third-order valence-corrected chi connectivity index (χ3v) is 7.21. The summed E-state index contributed by atoms with van der Waals surface area (Å²) < 4.78 is 4.58. The van der Waals surface area contributed by atoms with Crippen LogP contribution in [0, 0.1) is 0 Å². The summed E-state index contributed by atoms with van der Waals surface area (Å²) in [5.41, 5.74) is 5.79. The van der Waals surface area contributed by atoms with Gasteiger partial charge in [0.2, 0.25) is 0 Å². The number of hydrogen-bond donors (Lipinski definition) is 1. The number of carbonyl (C=O) groups is 1. The Morgan fingerprint density at radius 3 is 1.62 bits per heavy atom. The Bertz CT molecular complexity index is 676. The predicted octanol–water partition coefficient (Wildman–Crippen LogP) is 11.5. The zero-order valence-corrected chi connectivity index (χ0v) is 26.8. The van der Waals surface area contributed by atoms with Gasteiger partial charge in [0.05, 0.1) is 18.9 Å². The van der Waals surface area contributed by atoms with Gasteiger partial charge < -0.3 is 4.74 Å². The molecule has 0 saturated heterocycles. The van der Waals surface area contributed by atoms with Crippen LogP contribution in [0.1, 0.15) is 161 Å². The van der Waals surface area contributed by atoms with Gasteiger partial charge in [-0.25, -0.2) is 4.79 Å². The van der Waals surface area contributed by atoms with Crippen LogP contribution in [0.25, 0.3) is 0 Å². The van der Waals surface area contributed by atoms with Gasteiger partial charge in [0.25, 0.3) is 0 Å². The molecule has 0 saturated carbocycles. The molecule has 0 fully saturated rings. The second-order valence-electron chi connectivity index (χ2n) is 11.1. The van der Waals surface area contributed by atoms with Gasteiger partial charge >= 0.3 is 5.97 Å². The van der Waals surface area contributed by atoms with Crippen LogP contribution in [-0.2, 0) is 20.8 Å². The number of benzene rings is 1. The van der Waals surface area contributed by atoms with E-state index in [1.807, 2.05) is 6.92 Å². The molecule has 4 nitrogen and oxygen atoms in total. The van der Waals surface area contributed by atoms with E-state index in [0.717, 1.165) is 37.6 Å². The predicted molar refractivity (Wildman–Crippen MR) is 175 cm³/mol. The summed E-state index contributed by atoms with van der Waals surface area (Å²) in [7, 11) is 0. The monoisotopic (exact) mass is 559 g/mol. The van der Waals surface area contributed by atoms with E-state index in [0.29, 0.717) is 6.61 Å². The van der Waals surface area contributed by atoms with Crippen LogP contribution in [0.15, 0.2) is 36.9 Å². The zero-order valence-electron chi connectivity index (χ0n) is 26.8. The first-order valence-electron chi connectivity index (χ1n) is 16.9. The Kier molecular flexibility index (Phi) is 30.3. The molecular formula is C36H65NO3. The summed E-state index contributed by atoms with van der Waals surface area (Å²) >= 11 is 0. The number of carbonyl (C=O) groups excluding carboxylic acids is 1. The second-order valence-corrected chi connectivity index (χ2v) is 11.1. The molecule has 1 N–H and O–H groups in total. The van der Waals surface area contributed by atoms with E-state index < -0.39 is 0 Å². The highest BCUT2D eigenvalue weighted by Gasteiger charge is 2.02. The molecule has 0 aliphatic carbocycles. The number of para-hydroxylation sites is 1. The van der Waals surface area contributed by atoms with Crippen molar-refractivity contribution in [1.82, 2.24) is 0 Å². The standard InChI is InChI=1S/C30H55NO.C6H10O2/c1-3-5-7-9-11-13-14-15-16-18-20-24-28-32-31-30-27-23-22-26-29(30)25-21-19-17-12-10-8-6-4-2;1-3-5-8-6(7)4-2/h22-23,26-27,31H,3-21,24-25,28H2,1-2H3;4H,2-3,5H2,1H3. The van der Waals surface area contributed by atoms with E-state index >= 15 is 0 Å². The molecule has 0 aliphatic rings. The number of esters is 1. The summed E-state index contributed by atoms with van der Waals surface area (Å²) in [4.78, 5) is 16.0. The second kappa shape index (κ2) is 31.7.